The molecule has 0 radical (unpaired) electrons. The maximum Gasteiger partial charge on any atom is 0.235 e. The van der Waals surface area contributed by atoms with Crippen LogP contribution in [0.15, 0.2) is 0 Å². The maximum atomic E-state index is 11.8. The predicted molar refractivity (Wildman–Crippen MR) is 81.9 cm³/mol. The number of nitrogens with one attached hydrogen (secondary N) is 1. The van der Waals surface area contributed by atoms with Gasteiger partial charge >= 0.3 is 0 Å². The maximum absolute atomic E-state index is 11.8. The van der Waals surface area contributed by atoms with Gasteiger partial charge in [-0.05, 0) is 37.0 Å². The number of amides is 1. The normalized spacial score (nSPS) is 12.5. The summed E-state index contributed by atoms with van der Waals surface area (Å²) in [7, 11) is 0. The van der Waals surface area contributed by atoms with Crippen LogP contribution in [0.2, 0.25) is 0 Å². The molecule has 2 rings (SSSR count). The van der Waals surface area contributed by atoms with Crippen LogP contribution in [0.5, 0.6) is 0 Å². The zero-order chi connectivity index (χ0) is 14.4. The molecule has 1 aromatic heterocycles. The molecule has 1 heterocycles. The molecule has 20 heavy (non-hydrogen) atoms. The molecule has 1 aliphatic carbocycles. The first-order chi connectivity index (χ1) is 9.76. The summed E-state index contributed by atoms with van der Waals surface area (Å²) in [6, 6.07) is 4.30. The summed E-state index contributed by atoms with van der Waals surface area (Å²) in [5.41, 5.74) is 1.79. The lowest BCUT2D eigenvalue weighted by atomic mass is 10.1. The molecule has 1 amide bonds. The Morgan fingerprint density at radius 3 is 3.00 bits per heavy atom. The summed E-state index contributed by atoms with van der Waals surface area (Å²) in [5.74, 6) is 1.12. The van der Waals surface area contributed by atoms with Gasteiger partial charge in [-0.25, -0.2) is 0 Å². The van der Waals surface area contributed by atoms with Crippen LogP contribution in [0, 0.1) is 22.7 Å². The molecule has 0 saturated carbocycles. The van der Waals surface area contributed by atoms with Crippen molar-refractivity contribution in [2.75, 3.05) is 16.8 Å². The number of unbranched alkanes of at least 4 members (excludes halogenated alkanes) is 1. The molecule has 0 atom stereocenters. The van der Waals surface area contributed by atoms with Crippen molar-refractivity contribution in [3.8, 4) is 12.1 Å². The molecule has 0 unspecified atom stereocenters. The summed E-state index contributed by atoms with van der Waals surface area (Å²) >= 11 is 3.07. The first-order valence-electron chi connectivity index (χ1n) is 6.55. The van der Waals surface area contributed by atoms with Crippen molar-refractivity contribution < 1.29 is 4.79 Å². The second kappa shape index (κ2) is 7.33. The third-order valence-electron chi connectivity index (χ3n) is 3.10. The minimum Gasteiger partial charge on any atom is -0.316 e. The number of rotatable bonds is 6. The Balaban J connectivity index is 1.86. The number of aryl methyl sites for hydroxylation is 1. The number of nitrogens with zero attached hydrogens (tertiary/aromatic N) is 2. The van der Waals surface area contributed by atoms with Crippen LogP contribution in [-0.4, -0.2) is 17.4 Å². The number of anilines is 1. The quantitative estimate of drug-likeness (QED) is 0.819. The molecule has 4 nitrogen and oxygen atoms in total. The van der Waals surface area contributed by atoms with E-state index in [1.165, 1.54) is 16.6 Å². The van der Waals surface area contributed by atoms with E-state index in [4.69, 9.17) is 5.26 Å². The first-order valence-corrected chi connectivity index (χ1v) is 8.52. The largest absolute Gasteiger partial charge is 0.316 e. The van der Waals surface area contributed by atoms with Gasteiger partial charge < -0.3 is 5.32 Å². The number of nitriles is 2. The Morgan fingerprint density at radius 2 is 2.25 bits per heavy atom. The van der Waals surface area contributed by atoms with Gasteiger partial charge in [0.05, 0.1) is 17.4 Å². The summed E-state index contributed by atoms with van der Waals surface area (Å²) in [6.07, 6.45) is 4.43. The topological polar surface area (TPSA) is 76.7 Å². The molecule has 6 heteroatoms. The lowest BCUT2D eigenvalue weighted by molar-refractivity contribution is -0.113. The molecule has 0 saturated heterocycles. The van der Waals surface area contributed by atoms with Crippen LogP contribution in [0.3, 0.4) is 0 Å². The second-order valence-electron chi connectivity index (χ2n) is 4.54. The lowest BCUT2D eigenvalue weighted by Gasteiger charge is -2.03. The van der Waals surface area contributed by atoms with Crippen molar-refractivity contribution in [1.82, 2.24) is 0 Å². The van der Waals surface area contributed by atoms with Crippen LogP contribution in [0.4, 0.5) is 5.00 Å². The van der Waals surface area contributed by atoms with Crippen molar-refractivity contribution in [2.24, 2.45) is 0 Å². The van der Waals surface area contributed by atoms with E-state index in [0.717, 1.165) is 37.0 Å². The van der Waals surface area contributed by atoms with Gasteiger partial charge in [0, 0.05) is 11.3 Å². The highest BCUT2D eigenvalue weighted by Gasteiger charge is 2.22. The highest BCUT2D eigenvalue weighted by molar-refractivity contribution is 7.99. The molecule has 104 valence electrons. The molecule has 1 aliphatic rings. The number of thioether (sulfide) groups is 1. The van der Waals surface area contributed by atoms with E-state index < -0.39 is 0 Å². The molecule has 0 aliphatic heterocycles. The van der Waals surface area contributed by atoms with Crippen molar-refractivity contribution in [1.29, 1.82) is 10.5 Å². The van der Waals surface area contributed by atoms with Crippen LogP contribution >= 0.6 is 23.1 Å². The SMILES string of the molecule is N#CCCCSCC(=O)Nc1sc2c(c1C#N)CCC2. The highest BCUT2D eigenvalue weighted by atomic mass is 32.2. The second-order valence-corrected chi connectivity index (χ2v) is 6.75. The fourth-order valence-corrected chi connectivity index (χ4v) is 4.20. The van der Waals surface area contributed by atoms with Crippen LogP contribution in [0.25, 0.3) is 0 Å². The molecule has 0 fully saturated rings. The van der Waals surface area contributed by atoms with E-state index >= 15 is 0 Å². The summed E-state index contributed by atoms with van der Waals surface area (Å²) < 4.78 is 0. The number of carbonyl (C=O) groups is 1. The molecular formula is C14H15N3OS2. The van der Waals surface area contributed by atoms with Gasteiger partial charge in [0.15, 0.2) is 0 Å². The van der Waals surface area contributed by atoms with Gasteiger partial charge in [0.25, 0.3) is 0 Å². The highest BCUT2D eigenvalue weighted by Crippen LogP contribution is 2.38. The van der Waals surface area contributed by atoms with Crippen molar-refractivity contribution in [3.05, 3.63) is 16.0 Å². The Labute approximate surface area is 126 Å². The number of fused-ring (bicyclic) bond motifs is 1. The standard InChI is InChI=1S/C14H15N3OS2/c15-6-1-2-7-19-9-13(18)17-14-11(8-16)10-4-3-5-12(10)20-14/h1-5,7,9H2,(H,17,18). The number of thiophene rings is 1. The number of carbonyl (C=O) groups excluding carboxylic acids is 1. The van der Waals surface area contributed by atoms with Gasteiger partial charge in [-0.2, -0.15) is 22.3 Å². The average Bonchev–Trinajstić information content (AvgIpc) is 2.98. The summed E-state index contributed by atoms with van der Waals surface area (Å²) in [6.45, 7) is 0. The minimum absolute atomic E-state index is 0.0663. The molecule has 1 aromatic rings. The lowest BCUT2D eigenvalue weighted by Crippen LogP contribution is -2.14. The van der Waals surface area contributed by atoms with E-state index in [1.807, 2.05) is 0 Å². The van der Waals surface area contributed by atoms with Crippen LogP contribution in [0.1, 0.15) is 35.3 Å². The molecule has 0 aromatic carbocycles. The number of hydrogen-bond donors (Lipinski definition) is 1. The van der Waals surface area contributed by atoms with Gasteiger partial charge in [0.2, 0.25) is 5.91 Å². The van der Waals surface area contributed by atoms with Gasteiger partial charge in [-0.15, -0.1) is 11.3 Å². The Bertz CT molecular complexity index is 580. The van der Waals surface area contributed by atoms with E-state index in [-0.39, 0.29) is 5.91 Å². The number of hydrogen-bond acceptors (Lipinski definition) is 5. The van der Waals surface area contributed by atoms with Crippen LogP contribution < -0.4 is 5.32 Å². The van der Waals surface area contributed by atoms with Crippen molar-refractivity contribution in [3.63, 3.8) is 0 Å². The zero-order valence-corrected chi connectivity index (χ0v) is 12.7. The molecule has 1 N–H and O–H groups in total. The van der Waals surface area contributed by atoms with E-state index in [2.05, 4.69) is 17.5 Å². The van der Waals surface area contributed by atoms with E-state index in [1.54, 1.807) is 11.3 Å². The monoisotopic (exact) mass is 305 g/mol. The Kier molecular flexibility index (Phi) is 5.46. The van der Waals surface area contributed by atoms with E-state index in [9.17, 15) is 10.1 Å². The molecular weight excluding hydrogens is 290 g/mol. The van der Waals surface area contributed by atoms with Gasteiger partial charge in [-0.1, -0.05) is 0 Å². The Morgan fingerprint density at radius 1 is 1.40 bits per heavy atom. The van der Waals surface area contributed by atoms with Crippen molar-refractivity contribution in [2.45, 2.75) is 32.1 Å². The fourth-order valence-electron chi connectivity index (χ4n) is 2.19. The van der Waals surface area contributed by atoms with Gasteiger partial charge in [0.1, 0.15) is 11.1 Å². The molecule has 0 bridgehead atoms. The van der Waals surface area contributed by atoms with Crippen molar-refractivity contribution >= 4 is 34.0 Å². The minimum atomic E-state index is -0.0663. The smallest absolute Gasteiger partial charge is 0.235 e. The molecule has 0 spiro atoms. The summed E-state index contributed by atoms with van der Waals surface area (Å²) in [5, 5.41) is 21.2. The zero-order valence-electron chi connectivity index (χ0n) is 11.1. The summed E-state index contributed by atoms with van der Waals surface area (Å²) in [4.78, 5) is 13.1. The van der Waals surface area contributed by atoms with Crippen LogP contribution in [-0.2, 0) is 17.6 Å². The first kappa shape index (κ1) is 14.9. The third-order valence-corrected chi connectivity index (χ3v) is 5.35. The fraction of sp³-hybridized carbons (Fsp3) is 0.500. The van der Waals surface area contributed by atoms with E-state index in [0.29, 0.717) is 22.7 Å². The average molecular weight is 305 g/mol. The Hall–Kier alpha value is -1.50. The predicted octanol–water partition coefficient (Wildman–Crippen LogP) is 3.08. The van der Waals surface area contributed by atoms with Gasteiger partial charge in [-0.3, -0.25) is 4.79 Å². The third kappa shape index (κ3) is 3.53.